The Labute approximate surface area is 117 Å². The molecule has 0 aromatic heterocycles. The van der Waals surface area contributed by atoms with Gasteiger partial charge in [0.25, 0.3) is 0 Å². The SMILES string of the molecule is c1ccc(P([C]2CCCCC2)c2ccccc2)cc1. The van der Waals surface area contributed by atoms with Crippen LogP contribution in [-0.2, 0) is 0 Å². The highest BCUT2D eigenvalue weighted by Gasteiger charge is 2.26. The molecule has 0 amide bonds. The number of hydrogen-bond acceptors (Lipinski definition) is 0. The lowest BCUT2D eigenvalue weighted by atomic mass is 10.0. The van der Waals surface area contributed by atoms with Gasteiger partial charge in [0, 0.05) is 5.66 Å². The Hall–Kier alpha value is -1.13. The second-order valence-electron chi connectivity index (χ2n) is 5.13. The van der Waals surface area contributed by atoms with E-state index in [1.165, 1.54) is 42.7 Å². The van der Waals surface area contributed by atoms with Crippen molar-refractivity contribution in [2.75, 3.05) is 0 Å². The zero-order valence-electron chi connectivity index (χ0n) is 11.3. The smallest absolute Gasteiger partial charge is 0.00872 e. The maximum atomic E-state index is 2.31. The minimum Gasteiger partial charge on any atom is -0.0622 e. The summed E-state index contributed by atoms with van der Waals surface area (Å²) in [5, 5.41) is 3.03. The van der Waals surface area contributed by atoms with Crippen LogP contribution in [0.5, 0.6) is 0 Å². The second-order valence-corrected chi connectivity index (χ2v) is 7.47. The van der Waals surface area contributed by atoms with Crippen molar-refractivity contribution in [3.8, 4) is 0 Å². The van der Waals surface area contributed by atoms with E-state index in [0.29, 0.717) is 0 Å². The van der Waals surface area contributed by atoms with Gasteiger partial charge in [-0.15, -0.1) is 0 Å². The largest absolute Gasteiger partial charge is 0.0622 e. The van der Waals surface area contributed by atoms with Gasteiger partial charge in [-0.3, -0.25) is 0 Å². The molecule has 1 fully saturated rings. The zero-order chi connectivity index (χ0) is 12.9. The van der Waals surface area contributed by atoms with Crippen LogP contribution < -0.4 is 10.6 Å². The van der Waals surface area contributed by atoms with Crippen LogP contribution in [0, 0.1) is 5.66 Å². The summed E-state index contributed by atoms with van der Waals surface area (Å²) >= 11 is 0. The van der Waals surface area contributed by atoms with E-state index in [0.717, 1.165) is 0 Å². The van der Waals surface area contributed by atoms with Gasteiger partial charge in [-0.25, -0.2) is 0 Å². The van der Waals surface area contributed by atoms with Gasteiger partial charge < -0.3 is 0 Å². The summed E-state index contributed by atoms with van der Waals surface area (Å²) in [5.41, 5.74) is 1.79. The molecule has 0 unspecified atom stereocenters. The van der Waals surface area contributed by atoms with Crippen LogP contribution in [0.4, 0.5) is 0 Å². The van der Waals surface area contributed by atoms with E-state index in [1.54, 1.807) is 5.66 Å². The average Bonchev–Trinajstić information content (AvgIpc) is 2.51. The fourth-order valence-corrected chi connectivity index (χ4v) is 5.58. The lowest BCUT2D eigenvalue weighted by Gasteiger charge is -2.30. The molecule has 0 aliphatic heterocycles. The second kappa shape index (κ2) is 6.35. The molecule has 0 nitrogen and oxygen atoms in total. The molecule has 2 aromatic carbocycles. The Morgan fingerprint density at radius 2 is 1.05 bits per heavy atom. The summed E-state index contributed by atoms with van der Waals surface area (Å²) in [6.45, 7) is 0. The van der Waals surface area contributed by atoms with Gasteiger partial charge in [-0.1, -0.05) is 79.9 Å². The Morgan fingerprint density at radius 1 is 0.579 bits per heavy atom. The lowest BCUT2D eigenvalue weighted by molar-refractivity contribution is 0.577. The fourth-order valence-electron chi connectivity index (χ4n) is 2.85. The van der Waals surface area contributed by atoms with Crippen molar-refractivity contribution in [3.63, 3.8) is 0 Å². The van der Waals surface area contributed by atoms with Crippen molar-refractivity contribution in [2.24, 2.45) is 0 Å². The summed E-state index contributed by atoms with van der Waals surface area (Å²) in [6.07, 6.45) is 6.84. The van der Waals surface area contributed by atoms with Crippen molar-refractivity contribution < 1.29 is 0 Å². The van der Waals surface area contributed by atoms with Gasteiger partial charge >= 0.3 is 0 Å². The maximum Gasteiger partial charge on any atom is 0.00872 e. The van der Waals surface area contributed by atoms with E-state index >= 15 is 0 Å². The van der Waals surface area contributed by atoms with E-state index in [2.05, 4.69) is 60.7 Å². The molecule has 1 aliphatic rings. The van der Waals surface area contributed by atoms with E-state index in [4.69, 9.17) is 0 Å². The molecule has 0 atom stereocenters. The third kappa shape index (κ3) is 3.07. The molecule has 0 heterocycles. The molecule has 2 aromatic rings. The Bertz CT molecular complexity index is 446. The van der Waals surface area contributed by atoms with Crippen LogP contribution in [0.2, 0.25) is 0 Å². The quantitative estimate of drug-likeness (QED) is 0.712. The van der Waals surface area contributed by atoms with Gasteiger partial charge in [0.05, 0.1) is 0 Å². The van der Waals surface area contributed by atoms with Crippen LogP contribution in [-0.4, -0.2) is 0 Å². The molecule has 0 bridgehead atoms. The van der Waals surface area contributed by atoms with Crippen LogP contribution >= 0.6 is 7.92 Å². The highest BCUT2D eigenvalue weighted by atomic mass is 31.1. The van der Waals surface area contributed by atoms with Gasteiger partial charge in [0.2, 0.25) is 0 Å². The molecule has 0 N–H and O–H groups in total. The predicted molar refractivity (Wildman–Crippen MR) is 85.4 cm³/mol. The first-order chi connectivity index (χ1) is 9.45. The van der Waals surface area contributed by atoms with E-state index in [1.807, 2.05) is 0 Å². The van der Waals surface area contributed by atoms with Gasteiger partial charge in [0.15, 0.2) is 0 Å². The average molecular weight is 267 g/mol. The lowest BCUT2D eigenvalue weighted by Crippen LogP contribution is -2.18. The Balaban J connectivity index is 1.96. The monoisotopic (exact) mass is 267 g/mol. The van der Waals surface area contributed by atoms with E-state index in [-0.39, 0.29) is 7.92 Å². The molecule has 1 saturated carbocycles. The molecule has 0 spiro atoms. The van der Waals surface area contributed by atoms with Crippen LogP contribution in [0.1, 0.15) is 32.1 Å². The molecular weight excluding hydrogens is 247 g/mol. The normalized spacial score (nSPS) is 16.7. The zero-order valence-corrected chi connectivity index (χ0v) is 12.2. The fraction of sp³-hybridized carbons (Fsp3) is 0.278. The van der Waals surface area contributed by atoms with Crippen molar-refractivity contribution in [1.29, 1.82) is 0 Å². The van der Waals surface area contributed by atoms with Crippen LogP contribution in [0.3, 0.4) is 0 Å². The first-order valence-corrected chi connectivity index (χ1v) is 8.54. The predicted octanol–water partition coefficient (Wildman–Crippen LogP) is 4.62. The van der Waals surface area contributed by atoms with E-state index in [9.17, 15) is 0 Å². The number of rotatable bonds is 3. The minimum atomic E-state index is -0.252. The topological polar surface area (TPSA) is 0 Å². The van der Waals surface area contributed by atoms with Crippen molar-refractivity contribution in [1.82, 2.24) is 0 Å². The highest BCUT2D eigenvalue weighted by molar-refractivity contribution is 7.75. The highest BCUT2D eigenvalue weighted by Crippen LogP contribution is 2.51. The van der Waals surface area contributed by atoms with Gasteiger partial charge in [-0.05, 0) is 31.4 Å². The summed E-state index contributed by atoms with van der Waals surface area (Å²) in [6, 6.07) is 22.2. The Kier molecular flexibility index (Phi) is 4.30. The van der Waals surface area contributed by atoms with Gasteiger partial charge in [0.1, 0.15) is 0 Å². The summed E-state index contributed by atoms with van der Waals surface area (Å²) < 4.78 is 0. The third-order valence-electron chi connectivity index (χ3n) is 3.78. The third-order valence-corrected chi connectivity index (χ3v) is 6.48. The number of hydrogen-bond donors (Lipinski definition) is 0. The molecule has 1 heteroatoms. The standard InChI is InChI=1S/C18H20P/c1-4-10-16(11-5-1)19(17-12-6-2-7-13-17)18-14-8-3-9-15-18/h1-2,4-7,10-13H,3,8-9,14-15H2. The molecule has 19 heavy (non-hydrogen) atoms. The van der Waals surface area contributed by atoms with Crippen molar-refractivity contribution in [3.05, 3.63) is 66.3 Å². The summed E-state index contributed by atoms with van der Waals surface area (Å²) in [4.78, 5) is 0. The molecular formula is C18H20P. The van der Waals surface area contributed by atoms with Crippen LogP contribution in [0.25, 0.3) is 0 Å². The molecule has 3 rings (SSSR count). The molecule has 97 valence electrons. The van der Waals surface area contributed by atoms with Crippen molar-refractivity contribution in [2.45, 2.75) is 32.1 Å². The van der Waals surface area contributed by atoms with Gasteiger partial charge in [-0.2, -0.15) is 0 Å². The Morgan fingerprint density at radius 3 is 1.53 bits per heavy atom. The molecule has 1 radical (unpaired) electrons. The van der Waals surface area contributed by atoms with E-state index < -0.39 is 0 Å². The summed E-state index contributed by atoms with van der Waals surface area (Å²) in [5.74, 6) is 0. The van der Waals surface area contributed by atoms with Crippen molar-refractivity contribution >= 4 is 18.5 Å². The maximum absolute atomic E-state index is 2.31. The first-order valence-electron chi connectivity index (χ1n) is 7.20. The van der Waals surface area contributed by atoms with Crippen LogP contribution in [0.15, 0.2) is 60.7 Å². The number of benzene rings is 2. The summed E-state index contributed by atoms with van der Waals surface area (Å²) in [7, 11) is -0.252. The first kappa shape index (κ1) is 12.9. The molecule has 0 saturated heterocycles. The minimum absolute atomic E-state index is 0.252. The molecule has 1 aliphatic carbocycles.